The summed E-state index contributed by atoms with van der Waals surface area (Å²) in [6, 6.07) is 37.2. The molecular formula is C43H36N8O8S2. The number of hydrogen-bond donors (Lipinski definition) is 8. The van der Waals surface area contributed by atoms with Gasteiger partial charge in [0.2, 0.25) is 0 Å². The Morgan fingerprint density at radius 1 is 0.377 bits per heavy atom. The molecule has 0 fully saturated rings. The van der Waals surface area contributed by atoms with Gasteiger partial charge in [-0.3, -0.25) is 0 Å². The summed E-state index contributed by atoms with van der Waals surface area (Å²) in [6.45, 7) is 1.51. The molecule has 61 heavy (non-hydrogen) atoms. The highest BCUT2D eigenvalue weighted by atomic mass is 32.2. The molecule has 308 valence electrons. The first-order chi connectivity index (χ1) is 29.2. The first-order valence-corrected chi connectivity index (χ1v) is 21.3. The van der Waals surface area contributed by atoms with Crippen molar-refractivity contribution in [2.75, 3.05) is 31.9 Å². The zero-order chi connectivity index (χ0) is 43.1. The van der Waals surface area contributed by atoms with E-state index in [-0.39, 0.29) is 38.1 Å². The van der Waals surface area contributed by atoms with Crippen LogP contribution in [0.3, 0.4) is 0 Å². The van der Waals surface area contributed by atoms with Crippen LogP contribution in [0.4, 0.5) is 53.3 Å². The van der Waals surface area contributed by atoms with E-state index in [1.54, 1.807) is 24.3 Å². The lowest BCUT2D eigenvalue weighted by atomic mass is 10.1. The van der Waals surface area contributed by atoms with E-state index in [1.807, 2.05) is 70.1 Å². The number of nitrogens with one attached hydrogen (secondary N) is 8. The lowest BCUT2D eigenvalue weighted by Gasteiger charge is -2.15. The SMILES string of the molecule is Cc1c(NC(=O)NS(=O)(=O)c2cccc(NC(=O)Nc3cccc4ccccc34)c2)cccc1NC(=O)NS(=O)(=O)c1cccc(NC(=O)Nc2cccc3ccccc23)c1. The Morgan fingerprint density at radius 2 is 0.721 bits per heavy atom. The zero-order valence-electron chi connectivity index (χ0n) is 32.0. The molecule has 0 bridgehead atoms. The van der Waals surface area contributed by atoms with Crippen LogP contribution < -0.4 is 41.3 Å². The van der Waals surface area contributed by atoms with Gasteiger partial charge in [-0.25, -0.2) is 45.5 Å². The maximum atomic E-state index is 13.2. The van der Waals surface area contributed by atoms with Crippen molar-refractivity contribution in [3.8, 4) is 0 Å². The van der Waals surface area contributed by atoms with Crippen LogP contribution in [-0.4, -0.2) is 41.0 Å². The second kappa shape index (κ2) is 17.5. The fourth-order valence-corrected chi connectivity index (χ4v) is 8.19. The van der Waals surface area contributed by atoms with Crippen molar-refractivity contribution in [3.05, 3.63) is 157 Å². The van der Waals surface area contributed by atoms with E-state index >= 15 is 0 Å². The number of carbonyl (C=O) groups excluding carboxylic acids is 4. The van der Waals surface area contributed by atoms with E-state index in [0.29, 0.717) is 11.4 Å². The molecule has 18 heteroatoms. The summed E-state index contributed by atoms with van der Waals surface area (Å²) in [5, 5.41) is 19.0. The van der Waals surface area contributed by atoms with Gasteiger partial charge in [0.25, 0.3) is 20.0 Å². The minimum Gasteiger partial charge on any atom is -0.308 e. The lowest BCUT2D eigenvalue weighted by Crippen LogP contribution is -2.35. The molecule has 0 unspecified atom stereocenters. The van der Waals surface area contributed by atoms with Crippen molar-refractivity contribution in [1.29, 1.82) is 0 Å². The minimum atomic E-state index is -4.45. The van der Waals surface area contributed by atoms with Gasteiger partial charge in [-0.15, -0.1) is 0 Å². The van der Waals surface area contributed by atoms with Crippen molar-refractivity contribution in [1.82, 2.24) is 9.44 Å². The van der Waals surface area contributed by atoms with Crippen molar-refractivity contribution in [2.24, 2.45) is 0 Å². The zero-order valence-corrected chi connectivity index (χ0v) is 33.6. The molecular weight excluding hydrogens is 821 g/mol. The molecule has 0 radical (unpaired) electrons. The second-order valence-corrected chi connectivity index (χ2v) is 16.7. The number of hydrogen-bond acceptors (Lipinski definition) is 8. The molecule has 16 nitrogen and oxygen atoms in total. The van der Waals surface area contributed by atoms with Crippen LogP contribution in [0, 0.1) is 6.92 Å². The molecule has 0 heterocycles. The molecule has 0 aromatic heterocycles. The summed E-state index contributed by atoms with van der Waals surface area (Å²) in [5.74, 6) is 0. The number of amides is 8. The summed E-state index contributed by atoms with van der Waals surface area (Å²) in [4.78, 5) is 50.9. The molecule has 0 aliphatic rings. The van der Waals surface area contributed by atoms with Crippen LogP contribution in [0.2, 0.25) is 0 Å². The van der Waals surface area contributed by atoms with Gasteiger partial charge in [0.05, 0.1) is 21.2 Å². The van der Waals surface area contributed by atoms with E-state index in [1.165, 1.54) is 73.7 Å². The van der Waals surface area contributed by atoms with Gasteiger partial charge in [-0.05, 0) is 83.9 Å². The van der Waals surface area contributed by atoms with Crippen LogP contribution in [0.25, 0.3) is 21.5 Å². The van der Waals surface area contributed by atoms with Gasteiger partial charge in [0.1, 0.15) is 0 Å². The summed E-state index contributed by atoms with van der Waals surface area (Å²) in [6.07, 6.45) is 0. The van der Waals surface area contributed by atoms with E-state index in [2.05, 4.69) is 31.9 Å². The van der Waals surface area contributed by atoms with Crippen molar-refractivity contribution >= 4 is 99.8 Å². The number of urea groups is 4. The molecule has 0 aliphatic carbocycles. The number of anilines is 6. The molecule has 0 spiro atoms. The van der Waals surface area contributed by atoms with Crippen molar-refractivity contribution < 1.29 is 36.0 Å². The molecule has 7 aromatic carbocycles. The molecule has 8 N–H and O–H groups in total. The van der Waals surface area contributed by atoms with E-state index in [0.717, 1.165) is 21.5 Å². The van der Waals surface area contributed by atoms with Crippen molar-refractivity contribution in [2.45, 2.75) is 16.7 Å². The van der Waals surface area contributed by atoms with Crippen molar-refractivity contribution in [3.63, 3.8) is 0 Å². The summed E-state index contributed by atoms with van der Waals surface area (Å²) < 4.78 is 56.6. The second-order valence-electron chi connectivity index (χ2n) is 13.4. The van der Waals surface area contributed by atoms with Crippen LogP contribution in [0.15, 0.2) is 161 Å². The predicted molar refractivity (Wildman–Crippen MR) is 236 cm³/mol. The maximum Gasteiger partial charge on any atom is 0.333 e. The molecule has 7 aromatic rings. The molecule has 0 atom stereocenters. The highest BCUT2D eigenvalue weighted by Crippen LogP contribution is 2.27. The average molecular weight is 857 g/mol. The van der Waals surface area contributed by atoms with Crippen LogP contribution in [0.5, 0.6) is 0 Å². The standard InChI is InChI=1S/C43H36N8O8S2/c1-27-36(46-42(54)50-60(56,57)32-17-8-15-30(25-32)44-40(52)48-38-23-6-13-28-11-2-4-19-34(28)38)21-10-22-37(27)47-43(55)51-61(58,59)33-18-9-16-31(26-33)45-41(53)49-39-24-7-14-29-12-3-5-20-35(29)39/h2-26H,1H3,(H2,44,48,52)(H2,45,49,53)(H2,46,50,54)(H2,47,51,55). The Hall–Kier alpha value is -7.96. The third-order valence-electron chi connectivity index (χ3n) is 9.16. The summed E-state index contributed by atoms with van der Waals surface area (Å²) >= 11 is 0. The van der Waals surface area contributed by atoms with Gasteiger partial charge >= 0.3 is 24.1 Å². The first-order valence-electron chi connectivity index (χ1n) is 18.3. The lowest BCUT2D eigenvalue weighted by molar-refractivity contribution is 0.255. The van der Waals surface area contributed by atoms with Gasteiger partial charge in [-0.2, -0.15) is 0 Å². The van der Waals surface area contributed by atoms with E-state index in [9.17, 15) is 36.0 Å². The Morgan fingerprint density at radius 3 is 1.16 bits per heavy atom. The van der Waals surface area contributed by atoms with Gasteiger partial charge in [0, 0.05) is 33.5 Å². The van der Waals surface area contributed by atoms with Gasteiger partial charge in [0.15, 0.2) is 0 Å². The van der Waals surface area contributed by atoms with E-state index < -0.39 is 44.2 Å². The first kappa shape index (κ1) is 41.2. The molecule has 7 rings (SSSR count). The summed E-state index contributed by atoms with van der Waals surface area (Å²) in [7, 11) is -8.91. The maximum absolute atomic E-state index is 13.2. The minimum absolute atomic E-state index is 0.0921. The third kappa shape index (κ3) is 10.0. The Balaban J connectivity index is 0.941. The number of rotatable bonds is 10. The molecule has 0 aliphatic heterocycles. The predicted octanol–water partition coefficient (Wildman–Crippen LogP) is 8.61. The third-order valence-corrected chi connectivity index (χ3v) is 11.8. The summed E-state index contributed by atoms with van der Waals surface area (Å²) in [5.41, 5.74) is 1.82. The number of sulfonamides is 2. The smallest absolute Gasteiger partial charge is 0.308 e. The average Bonchev–Trinajstić information content (AvgIpc) is 3.22. The molecule has 8 amide bonds. The largest absolute Gasteiger partial charge is 0.333 e. The molecule has 0 saturated heterocycles. The normalized spacial score (nSPS) is 11.2. The fourth-order valence-electron chi connectivity index (χ4n) is 6.28. The van der Waals surface area contributed by atoms with Gasteiger partial charge in [-0.1, -0.05) is 91.0 Å². The van der Waals surface area contributed by atoms with Crippen LogP contribution in [0.1, 0.15) is 5.56 Å². The monoisotopic (exact) mass is 856 g/mol. The van der Waals surface area contributed by atoms with Gasteiger partial charge < -0.3 is 31.9 Å². The topological polar surface area (TPSA) is 233 Å². The Labute approximate surface area is 349 Å². The number of benzene rings is 7. The van der Waals surface area contributed by atoms with E-state index in [4.69, 9.17) is 0 Å². The Kier molecular flexibility index (Phi) is 11.8. The Bertz CT molecular complexity index is 2880. The highest BCUT2D eigenvalue weighted by molar-refractivity contribution is 7.90. The van der Waals surface area contributed by atoms with Crippen LogP contribution in [-0.2, 0) is 20.0 Å². The molecule has 0 saturated carbocycles. The fraction of sp³-hybridized carbons (Fsp3) is 0.0233. The number of carbonyl (C=O) groups is 4. The highest BCUT2D eigenvalue weighted by Gasteiger charge is 2.22. The quantitative estimate of drug-likeness (QED) is 0.0662. The van der Waals surface area contributed by atoms with Crippen LogP contribution >= 0.6 is 0 Å². The number of fused-ring (bicyclic) bond motifs is 2.